The number of anilines is 1. The SMILES string of the molecule is CCOc1ccc(NC(=O)[C@@](C)(CC)OCC)cc1C#N. The van der Waals surface area contributed by atoms with Gasteiger partial charge in [0.15, 0.2) is 0 Å². The lowest BCUT2D eigenvalue weighted by atomic mass is 10.0. The Labute approximate surface area is 125 Å². The number of ether oxygens (including phenoxy) is 2. The molecule has 0 radical (unpaired) electrons. The van der Waals surface area contributed by atoms with Gasteiger partial charge in [-0.1, -0.05) is 6.92 Å². The van der Waals surface area contributed by atoms with Crippen molar-refractivity contribution < 1.29 is 14.3 Å². The second-order valence-electron chi connectivity index (χ2n) is 4.73. The normalized spacial score (nSPS) is 13.1. The average Bonchev–Trinajstić information content (AvgIpc) is 2.49. The molecule has 0 saturated carbocycles. The van der Waals surface area contributed by atoms with Crippen LogP contribution in [0.3, 0.4) is 0 Å². The second kappa shape index (κ2) is 7.65. The number of carbonyl (C=O) groups excluding carboxylic acids is 1. The summed E-state index contributed by atoms with van der Waals surface area (Å²) in [4.78, 5) is 12.3. The molecule has 0 aliphatic heterocycles. The monoisotopic (exact) mass is 290 g/mol. The number of hydrogen-bond donors (Lipinski definition) is 1. The molecule has 0 spiro atoms. The zero-order chi connectivity index (χ0) is 15.9. The van der Waals surface area contributed by atoms with Gasteiger partial charge in [-0.2, -0.15) is 5.26 Å². The fraction of sp³-hybridized carbons (Fsp3) is 0.500. The van der Waals surface area contributed by atoms with E-state index in [1.807, 2.05) is 20.8 Å². The van der Waals surface area contributed by atoms with E-state index < -0.39 is 5.60 Å². The predicted octanol–water partition coefficient (Wildman–Crippen LogP) is 3.10. The predicted molar refractivity (Wildman–Crippen MR) is 81.3 cm³/mol. The Hall–Kier alpha value is -2.06. The van der Waals surface area contributed by atoms with E-state index in [2.05, 4.69) is 11.4 Å². The van der Waals surface area contributed by atoms with Crippen LogP contribution in [0.4, 0.5) is 5.69 Å². The molecule has 1 aromatic carbocycles. The lowest BCUT2D eigenvalue weighted by Crippen LogP contribution is -2.42. The Morgan fingerprint density at radius 1 is 1.33 bits per heavy atom. The Bertz CT molecular complexity index is 537. The van der Waals surface area contributed by atoms with Crippen LogP contribution in [0.15, 0.2) is 18.2 Å². The largest absolute Gasteiger partial charge is 0.492 e. The zero-order valence-corrected chi connectivity index (χ0v) is 13.0. The van der Waals surface area contributed by atoms with Crippen LogP contribution in [0.1, 0.15) is 39.7 Å². The summed E-state index contributed by atoms with van der Waals surface area (Å²) < 4.78 is 10.9. The van der Waals surface area contributed by atoms with Crippen LogP contribution >= 0.6 is 0 Å². The average molecular weight is 290 g/mol. The molecule has 1 aromatic rings. The number of rotatable bonds is 7. The molecule has 1 atom stereocenters. The molecule has 1 rings (SSSR count). The molecule has 1 N–H and O–H groups in total. The number of nitrogens with zero attached hydrogens (tertiary/aromatic N) is 1. The van der Waals surface area contributed by atoms with Crippen molar-refractivity contribution in [2.45, 2.75) is 39.7 Å². The molecule has 0 aliphatic rings. The third-order valence-corrected chi connectivity index (χ3v) is 3.28. The summed E-state index contributed by atoms with van der Waals surface area (Å²) in [6.45, 7) is 8.31. The summed E-state index contributed by atoms with van der Waals surface area (Å²) in [5, 5.41) is 11.9. The van der Waals surface area contributed by atoms with Crippen molar-refractivity contribution in [3.8, 4) is 11.8 Å². The maximum atomic E-state index is 12.3. The molecule has 0 fully saturated rings. The molecule has 0 aliphatic carbocycles. The van der Waals surface area contributed by atoms with Crippen LogP contribution in [0.2, 0.25) is 0 Å². The fourth-order valence-electron chi connectivity index (χ4n) is 1.89. The van der Waals surface area contributed by atoms with E-state index in [-0.39, 0.29) is 5.91 Å². The van der Waals surface area contributed by atoms with Gasteiger partial charge in [0, 0.05) is 12.3 Å². The Balaban J connectivity index is 2.93. The Morgan fingerprint density at radius 2 is 2.05 bits per heavy atom. The van der Waals surface area contributed by atoms with Gasteiger partial charge in [0.1, 0.15) is 17.4 Å². The summed E-state index contributed by atoms with van der Waals surface area (Å²) >= 11 is 0. The molecule has 0 bridgehead atoms. The fourth-order valence-corrected chi connectivity index (χ4v) is 1.89. The maximum absolute atomic E-state index is 12.3. The van der Waals surface area contributed by atoms with Gasteiger partial charge in [0.2, 0.25) is 0 Å². The molecule has 0 unspecified atom stereocenters. The van der Waals surface area contributed by atoms with Gasteiger partial charge in [0.05, 0.1) is 12.2 Å². The van der Waals surface area contributed by atoms with Gasteiger partial charge in [0.25, 0.3) is 5.91 Å². The van der Waals surface area contributed by atoms with Crippen molar-refractivity contribution in [2.75, 3.05) is 18.5 Å². The molecule has 5 heteroatoms. The third-order valence-electron chi connectivity index (χ3n) is 3.28. The van der Waals surface area contributed by atoms with Crippen molar-refractivity contribution >= 4 is 11.6 Å². The first-order valence-corrected chi connectivity index (χ1v) is 7.13. The molecule has 1 amide bonds. The summed E-state index contributed by atoms with van der Waals surface area (Å²) in [6.07, 6.45) is 0.564. The third kappa shape index (κ3) is 4.20. The van der Waals surface area contributed by atoms with Gasteiger partial charge in [-0.05, 0) is 45.4 Å². The number of carbonyl (C=O) groups is 1. The molecule has 114 valence electrons. The first-order valence-electron chi connectivity index (χ1n) is 7.13. The lowest BCUT2D eigenvalue weighted by Gasteiger charge is -2.26. The second-order valence-corrected chi connectivity index (χ2v) is 4.73. The van der Waals surface area contributed by atoms with E-state index in [1.165, 1.54) is 0 Å². The van der Waals surface area contributed by atoms with Crippen molar-refractivity contribution in [1.29, 1.82) is 5.26 Å². The van der Waals surface area contributed by atoms with Gasteiger partial charge in [-0.3, -0.25) is 4.79 Å². The molecular formula is C16H22N2O3. The van der Waals surface area contributed by atoms with Crippen molar-refractivity contribution in [2.24, 2.45) is 0 Å². The van der Waals surface area contributed by atoms with Crippen molar-refractivity contribution in [1.82, 2.24) is 0 Å². The minimum Gasteiger partial charge on any atom is -0.492 e. The molecule has 21 heavy (non-hydrogen) atoms. The number of nitriles is 1. The smallest absolute Gasteiger partial charge is 0.256 e. The molecular weight excluding hydrogens is 268 g/mol. The standard InChI is InChI=1S/C16H22N2O3/c1-5-16(4,21-7-3)15(19)18-13-8-9-14(20-6-2)12(10-13)11-17/h8-10H,5-7H2,1-4H3,(H,18,19)/t16-/m1/s1. The number of amides is 1. The summed E-state index contributed by atoms with van der Waals surface area (Å²) in [5.41, 5.74) is 0.0730. The van der Waals surface area contributed by atoms with E-state index in [4.69, 9.17) is 14.7 Å². The van der Waals surface area contributed by atoms with Gasteiger partial charge >= 0.3 is 0 Å². The number of hydrogen-bond acceptors (Lipinski definition) is 4. The molecule has 5 nitrogen and oxygen atoms in total. The highest BCUT2D eigenvalue weighted by atomic mass is 16.5. The highest BCUT2D eigenvalue weighted by Crippen LogP contribution is 2.24. The first-order chi connectivity index (χ1) is 10.0. The van der Waals surface area contributed by atoms with Crippen LogP contribution in [-0.4, -0.2) is 24.7 Å². The summed E-state index contributed by atoms with van der Waals surface area (Å²) in [6, 6.07) is 7.06. The summed E-state index contributed by atoms with van der Waals surface area (Å²) in [7, 11) is 0. The van der Waals surface area contributed by atoms with Crippen LogP contribution in [-0.2, 0) is 9.53 Å². The van der Waals surface area contributed by atoms with Crippen LogP contribution < -0.4 is 10.1 Å². The highest BCUT2D eigenvalue weighted by Gasteiger charge is 2.31. The minimum absolute atomic E-state index is 0.222. The Morgan fingerprint density at radius 3 is 2.57 bits per heavy atom. The number of nitrogens with one attached hydrogen (secondary N) is 1. The van der Waals surface area contributed by atoms with E-state index in [9.17, 15) is 4.79 Å². The van der Waals surface area contributed by atoms with E-state index in [1.54, 1.807) is 25.1 Å². The molecule has 0 heterocycles. The first kappa shape index (κ1) is 17.0. The Kier molecular flexibility index (Phi) is 6.19. The lowest BCUT2D eigenvalue weighted by molar-refractivity contribution is -0.139. The highest BCUT2D eigenvalue weighted by molar-refractivity contribution is 5.97. The van der Waals surface area contributed by atoms with E-state index >= 15 is 0 Å². The molecule has 0 aromatic heterocycles. The molecule has 0 saturated heterocycles. The topological polar surface area (TPSA) is 71.3 Å². The van der Waals surface area contributed by atoms with Crippen LogP contribution in [0.25, 0.3) is 0 Å². The van der Waals surface area contributed by atoms with Gasteiger partial charge < -0.3 is 14.8 Å². The van der Waals surface area contributed by atoms with Crippen LogP contribution in [0.5, 0.6) is 5.75 Å². The van der Waals surface area contributed by atoms with Gasteiger partial charge in [-0.15, -0.1) is 0 Å². The quantitative estimate of drug-likeness (QED) is 0.837. The van der Waals surface area contributed by atoms with Crippen LogP contribution in [0, 0.1) is 11.3 Å². The van der Waals surface area contributed by atoms with E-state index in [0.29, 0.717) is 36.6 Å². The number of benzene rings is 1. The van der Waals surface area contributed by atoms with E-state index in [0.717, 1.165) is 0 Å². The van der Waals surface area contributed by atoms with Crippen molar-refractivity contribution in [3.63, 3.8) is 0 Å². The van der Waals surface area contributed by atoms with Gasteiger partial charge in [-0.25, -0.2) is 0 Å². The minimum atomic E-state index is -0.875. The zero-order valence-electron chi connectivity index (χ0n) is 13.0. The summed E-state index contributed by atoms with van der Waals surface area (Å²) in [5.74, 6) is 0.293. The van der Waals surface area contributed by atoms with Crippen molar-refractivity contribution in [3.05, 3.63) is 23.8 Å². The maximum Gasteiger partial charge on any atom is 0.256 e.